The molecule has 0 aromatic heterocycles. The highest BCUT2D eigenvalue weighted by Gasteiger charge is 2.29. The van der Waals surface area contributed by atoms with Crippen LogP contribution in [-0.4, -0.2) is 23.7 Å². The molecule has 0 aliphatic heterocycles. The van der Waals surface area contributed by atoms with Gasteiger partial charge in [0.1, 0.15) is 0 Å². The minimum atomic E-state index is -0.0206. The summed E-state index contributed by atoms with van der Waals surface area (Å²) in [6.07, 6.45) is 2.88. The van der Waals surface area contributed by atoms with Crippen molar-refractivity contribution in [2.45, 2.75) is 39.2 Å². The topological polar surface area (TPSA) is 49.3 Å². The molecule has 3 heteroatoms. The molecule has 1 atom stereocenters. The van der Waals surface area contributed by atoms with Crippen LogP contribution in [-0.2, 0) is 0 Å². The van der Waals surface area contributed by atoms with E-state index in [2.05, 4.69) is 24.1 Å². The number of rotatable bonds is 4. The molecule has 1 aromatic rings. The molecule has 0 saturated heterocycles. The first kappa shape index (κ1) is 14.6. The molecule has 1 amide bonds. The highest BCUT2D eigenvalue weighted by molar-refractivity contribution is 5.96. The van der Waals surface area contributed by atoms with Crippen LogP contribution in [0.3, 0.4) is 0 Å². The van der Waals surface area contributed by atoms with E-state index in [1.165, 1.54) is 12.8 Å². The van der Waals surface area contributed by atoms with E-state index in [0.29, 0.717) is 17.9 Å². The molecule has 0 radical (unpaired) electrons. The molecule has 1 fully saturated rings. The van der Waals surface area contributed by atoms with Crippen molar-refractivity contribution >= 4 is 5.91 Å². The normalized spacial score (nSPS) is 15.2. The Morgan fingerprint density at radius 3 is 2.90 bits per heavy atom. The number of aliphatic hydroxyl groups excluding tert-OH is 1. The van der Waals surface area contributed by atoms with Crippen molar-refractivity contribution in [2.24, 2.45) is 5.92 Å². The predicted molar refractivity (Wildman–Crippen MR) is 79.4 cm³/mol. The van der Waals surface area contributed by atoms with Crippen LogP contribution in [0.5, 0.6) is 0 Å². The second-order valence-electron chi connectivity index (χ2n) is 5.40. The number of carbonyl (C=O) groups is 1. The summed E-state index contributed by atoms with van der Waals surface area (Å²) in [6.45, 7) is 4.06. The summed E-state index contributed by atoms with van der Waals surface area (Å²) in [6, 6.07) is 5.89. The average Bonchev–Trinajstić information content (AvgIpc) is 3.25. The zero-order valence-corrected chi connectivity index (χ0v) is 12.1. The maximum absolute atomic E-state index is 12.3. The number of benzene rings is 1. The number of hydrogen-bond acceptors (Lipinski definition) is 2. The van der Waals surface area contributed by atoms with Crippen molar-refractivity contribution in [3.8, 4) is 11.8 Å². The third kappa shape index (κ3) is 3.85. The monoisotopic (exact) mass is 271 g/mol. The maximum atomic E-state index is 12.3. The summed E-state index contributed by atoms with van der Waals surface area (Å²) in [5.74, 6) is 6.47. The van der Waals surface area contributed by atoms with Gasteiger partial charge in [-0.2, -0.15) is 0 Å². The third-order valence-electron chi connectivity index (χ3n) is 3.64. The summed E-state index contributed by atoms with van der Waals surface area (Å²) in [5.41, 5.74) is 2.46. The zero-order valence-electron chi connectivity index (χ0n) is 12.1. The lowest BCUT2D eigenvalue weighted by Gasteiger charge is -2.14. The first-order chi connectivity index (χ1) is 9.61. The second-order valence-corrected chi connectivity index (χ2v) is 5.40. The number of aliphatic hydroxyl groups is 1. The molecule has 1 saturated carbocycles. The van der Waals surface area contributed by atoms with Crippen LogP contribution >= 0.6 is 0 Å². The SMILES string of the molecule is Cc1ccc(C#CCCO)cc1C(=O)NC(C)C1CC1. The fourth-order valence-corrected chi connectivity index (χ4v) is 2.16. The Morgan fingerprint density at radius 2 is 2.25 bits per heavy atom. The van der Waals surface area contributed by atoms with Crippen molar-refractivity contribution in [3.05, 3.63) is 34.9 Å². The number of hydrogen-bond donors (Lipinski definition) is 2. The van der Waals surface area contributed by atoms with Gasteiger partial charge in [0, 0.05) is 23.6 Å². The first-order valence-electron chi connectivity index (χ1n) is 7.13. The van der Waals surface area contributed by atoms with E-state index in [-0.39, 0.29) is 18.6 Å². The summed E-state index contributed by atoms with van der Waals surface area (Å²) < 4.78 is 0. The Hall–Kier alpha value is -1.79. The van der Waals surface area contributed by atoms with Gasteiger partial charge in [-0.3, -0.25) is 4.79 Å². The van der Waals surface area contributed by atoms with Crippen molar-refractivity contribution in [3.63, 3.8) is 0 Å². The van der Waals surface area contributed by atoms with E-state index < -0.39 is 0 Å². The minimum Gasteiger partial charge on any atom is -0.395 e. The van der Waals surface area contributed by atoms with E-state index in [9.17, 15) is 4.79 Å². The highest BCUT2D eigenvalue weighted by atomic mass is 16.2. The molecule has 3 nitrogen and oxygen atoms in total. The van der Waals surface area contributed by atoms with Gasteiger partial charge in [-0.25, -0.2) is 0 Å². The minimum absolute atomic E-state index is 0.0206. The molecule has 106 valence electrons. The largest absolute Gasteiger partial charge is 0.395 e. The summed E-state index contributed by atoms with van der Waals surface area (Å²) >= 11 is 0. The van der Waals surface area contributed by atoms with E-state index in [4.69, 9.17) is 5.11 Å². The molecule has 0 heterocycles. The van der Waals surface area contributed by atoms with Crippen LogP contribution in [0.1, 0.15) is 47.7 Å². The summed E-state index contributed by atoms with van der Waals surface area (Å²) in [7, 11) is 0. The van der Waals surface area contributed by atoms with Crippen molar-refractivity contribution in [1.82, 2.24) is 5.32 Å². The summed E-state index contributed by atoms with van der Waals surface area (Å²) in [5, 5.41) is 11.8. The smallest absolute Gasteiger partial charge is 0.251 e. The number of carbonyl (C=O) groups excluding carboxylic acids is 1. The van der Waals surface area contributed by atoms with Crippen molar-refractivity contribution < 1.29 is 9.90 Å². The van der Waals surface area contributed by atoms with Crippen LogP contribution in [0.2, 0.25) is 0 Å². The molecule has 0 bridgehead atoms. The quantitative estimate of drug-likeness (QED) is 0.825. The molecule has 1 aromatic carbocycles. The van der Waals surface area contributed by atoms with E-state index >= 15 is 0 Å². The van der Waals surface area contributed by atoms with Gasteiger partial charge in [-0.05, 0) is 50.3 Å². The molecule has 1 aliphatic carbocycles. The van der Waals surface area contributed by atoms with Crippen molar-refractivity contribution in [1.29, 1.82) is 0 Å². The van der Waals surface area contributed by atoms with Crippen LogP contribution in [0.25, 0.3) is 0 Å². The molecule has 2 N–H and O–H groups in total. The molecular formula is C17H21NO2. The van der Waals surface area contributed by atoms with Gasteiger partial charge in [0.2, 0.25) is 0 Å². The average molecular weight is 271 g/mol. The van der Waals surface area contributed by atoms with Gasteiger partial charge in [0.05, 0.1) is 6.61 Å². The predicted octanol–water partition coefficient (Wildman–Crippen LogP) is 2.26. The fraction of sp³-hybridized carbons (Fsp3) is 0.471. The van der Waals surface area contributed by atoms with Crippen LogP contribution in [0.15, 0.2) is 18.2 Å². The first-order valence-corrected chi connectivity index (χ1v) is 7.13. The van der Waals surface area contributed by atoms with Crippen molar-refractivity contribution in [2.75, 3.05) is 6.61 Å². The number of nitrogens with one attached hydrogen (secondary N) is 1. The van der Waals surface area contributed by atoms with Crippen LogP contribution in [0.4, 0.5) is 0 Å². The fourth-order valence-electron chi connectivity index (χ4n) is 2.16. The molecule has 1 aliphatic rings. The van der Waals surface area contributed by atoms with Gasteiger partial charge in [-0.15, -0.1) is 0 Å². The highest BCUT2D eigenvalue weighted by Crippen LogP contribution is 2.32. The van der Waals surface area contributed by atoms with Gasteiger partial charge in [0.15, 0.2) is 0 Å². The Labute approximate surface area is 120 Å². The Kier molecular flexibility index (Phi) is 4.81. The Morgan fingerprint density at radius 1 is 1.50 bits per heavy atom. The second kappa shape index (κ2) is 6.58. The lowest BCUT2D eigenvalue weighted by Crippen LogP contribution is -2.34. The van der Waals surface area contributed by atoms with E-state index in [1.54, 1.807) is 0 Å². The summed E-state index contributed by atoms with van der Waals surface area (Å²) in [4.78, 5) is 12.3. The lowest BCUT2D eigenvalue weighted by molar-refractivity contribution is 0.0935. The van der Waals surface area contributed by atoms with Gasteiger partial charge in [0.25, 0.3) is 5.91 Å². The van der Waals surface area contributed by atoms with Crippen LogP contribution < -0.4 is 5.32 Å². The molecule has 20 heavy (non-hydrogen) atoms. The lowest BCUT2D eigenvalue weighted by atomic mass is 10.0. The molecule has 2 rings (SSSR count). The van der Waals surface area contributed by atoms with Gasteiger partial charge >= 0.3 is 0 Å². The standard InChI is InChI=1S/C17H21NO2/c1-12-6-7-14(5-3-4-10-19)11-16(12)17(20)18-13(2)15-8-9-15/h6-7,11,13,15,19H,4,8-10H2,1-2H3,(H,18,20). The number of aryl methyl sites for hydroxylation is 1. The Bertz CT molecular complexity index is 550. The molecule has 0 spiro atoms. The maximum Gasteiger partial charge on any atom is 0.251 e. The van der Waals surface area contributed by atoms with Gasteiger partial charge < -0.3 is 10.4 Å². The van der Waals surface area contributed by atoms with Gasteiger partial charge in [-0.1, -0.05) is 17.9 Å². The van der Waals surface area contributed by atoms with E-state index in [1.807, 2.05) is 25.1 Å². The number of amides is 1. The van der Waals surface area contributed by atoms with Crippen LogP contribution in [0, 0.1) is 24.7 Å². The Balaban J connectivity index is 2.11. The zero-order chi connectivity index (χ0) is 14.5. The molecule has 1 unspecified atom stereocenters. The third-order valence-corrected chi connectivity index (χ3v) is 3.64. The van der Waals surface area contributed by atoms with E-state index in [0.717, 1.165) is 11.1 Å². The molecular weight excluding hydrogens is 250 g/mol.